The topological polar surface area (TPSA) is 137 Å². The van der Waals surface area contributed by atoms with Crippen LogP contribution in [0.3, 0.4) is 0 Å². The van der Waals surface area contributed by atoms with Gasteiger partial charge in [0.15, 0.2) is 6.10 Å². The Morgan fingerprint density at radius 3 is 2.03 bits per heavy atom. The molecule has 0 spiro atoms. The van der Waals surface area contributed by atoms with Crippen molar-refractivity contribution >= 4 is 45.5 Å². The summed E-state index contributed by atoms with van der Waals surface area (Å²) in [6.45, 7) is 5.23. The lowest BCUT2D eigenvalue weighted by Gasteiger charge is -2.20. The fourth-order valence-electron chi connectivity index (χ4n) is 2.76. The maximum Gasteiger partial charge on any atom is 0.412 e. The van der Waals surface area contributed by atoms with Crippen LogP contribution in [0, 0.1) is 0 Å². The Morgan fingerprint density at radius 2 is 1.51 bits per heavy atom. The molecule has 0 aliphatic carbocycles. The normalized spacial score (nSPS) is 12.6. The van der Waals surface area contributed by atoms with Crippen LogP contribution >= 0.6 is 0 Å². The van der Waals surface area contributed by atoms with Crippen molar-refractivity contribution in [3.63, 3.8) is 0 Å². The first-order chi connectivity index (χ1) is 16.3. The van der Waals surface area contributed by atoms with Gasteiger partial charge in [0.05, 0.1) is 24.7 Å². The number of amides is 2. The van der Waals surface area contributed by atoms with Crippen molar-refractivity contribution in [2.75, 3.05) is 24.0 Å². The van der Waals surface area contributed by atoms with Gasteiger partial charge in [-0.05, 0) is 50.1 Å². The first-order valence-corrected chi connectivity index (χ1v) is 12.2. The summed E-state index contributed by atoms with van der Waals surface area (Å²) in [6, 6.07) is 12.8. The summed E-state index contributed by atoms with van der Waals surface area (Å²) >= 11 is 0. The van der Waals surface area contributed by atoms with Crippen LogP contribution in [-0.4, -0.2) is 45.4 Å². The van der Waals surface area contributed by atoms with E-state index in [9.17, 15) is 22.8 Å². The summed E-state index contributed by atoms with van der Waals surface area (Å²) in [6.07, 6.45) is 1.54. The second kappa shape index (κ2) is 11.6. The molecule has 2 rings (SSSR count). The van der Waals surface area contributed by atoms with Crippen LogP contribution in [0.4, 0.5) is 16.2 Å². The van der Waals surface area contributed by atoms with Crippen LogP contribution in [0.5, 0.6) is 0 Å². The summed E-state index contributed by atoms with van der Waals surface area (Å²) in [5, 5.41) is 5.28. The van der Waals surface area contributed by atoms with Crippen molar-refractivity contribution in [1.82, 2.24) is 0 Å². The second-order valence-corrected chi connectivity index (χ2v) is 9.97. The molecule has 0 saturated heterocycles. The van der Waals surface area contributed by atoms with E-state index in [1.807, 2.05) is 0 Å². The molecule has 0 aromatic heterocycles. The van der Waals surface area contributed by atoms with E-state index in [-0.39, 0.29) is 5.56 Å². The Bertz CT molecular complexity index is 1200. The molecule has 11 heteroatoms. The molecule has 2 amide bonds. The highest BCUT2D eigenvalue weighted by atomic mass is 32.2. The largest absolute Gasteiger partial charge is 0.467 e. The molecule has 2 aromatic carbocycles. The Hall–Kier alpha value is -3.70. The number of methoxy groups -OCH3 is 1. The average molecular weight is 505 g/mol. The Labute approximate surface area is 204 Å². The van der Waals surface area contributed by atoms with E-state index >= 15 is 0 Å². The average Bonchev–Trinajstić information content (AvgIpc) is 2.75. The van der Waals surface area contributed by atoms with Crippen LogP contribution < -0.4 is 10.6 Å². The summed E-state index contributed by atoms with van der Waals surface area (Å²) in [5.74, 6) is -1.32. The monoisotopic (exact) mass is 504 g/mol. The number of esters is 1. The Balaban J connectivity index is 2.09. The van der Waals surface area contributed by atoms with E-state index in [1.165, 1.54) is 24.3 Å². The van der Waals surface area contributed by atoms with E-state index < -0.39 is 39.8 Å². The van der Waals surface area contributed by atoms with Crippen molar-refractivity contribution in [2.45, 2.75) is 32.5 Å². The predicted octanol–water partition coefficient (Wildman–Crippen LogP) is 3.88. The SMILES string of the molecule is COC(=O)C(OS(C)(=O)=O)c1ccc(C=CC(=O)Nc2ccccc2NC(=O)OC(C)(C)C)cc1. The zero-order valence-electron chi connectivity index (χ0n) is 20.0. The van der Waals surface area contributed by atoms with Gasteiger partial charge in [-0.3, -0.25) is 14.3 Å². The summed E-state index contributed by atoms with van der Waals surface area (Å²) in [7, 11) is -2.79. The molecule has 1 atom stereocenters. The number of ether oxygens (including phenoxy) is 2. The molecular formula is C24H28N2O8S. The van der Waals surface area contributed by atoms with Gasteiger partial charge in [-0.25, -0.2) is 9.59 Å². The fourth-order valence-corrected chi connectivity index (χ4v) is 3.29. The van der Waals surface area contributed by atoms with E-state index in [1.54, 1.807) is 57.2 Å². The van der Waals surface area contributed by atoms with Gasteiger partial charge in [0, 0.05) is 6.08 Å². The number of hydrogen-bond donors (Lipinski definition) is 2. The first kappa shape index (κ1) is 27.5. The third kappa shape index (κ3) is 9.59. The van der Waals surface area contributed by atoms with Crippen molar-refractivity contribution in [1.29, 1.82) is 0 Å². The van der Waals surface area contributed by atoms with Crippen LogP contribution in [0.25, 0.3) is 6.08 Å². The second-order valence-electron chi connectivity index (χ2n) is 8.37. The van der Waals surface area contributed by atoms with E-state index in [2.05, 4.69) is 15.4 Å². The Morgan fingerprint density at radius 1 is 0.943 bits per heavy atom. The molecule has 2 aromatic rings. The molecule has 1 unspecified atom stereocenters. The van der Waals surface area contributed by atoms with Gasteiger partial charge in [-0.1, -0.05) is 36.4 Å². The third-order valence-electron chi connectivity index (χ3n) is 4.17. The molecule has 0 fully saturated rings. The van der Waals surface area contributed by atoms with Gasteiger partial charge in [-0.15, -0.1) is 0 Å². The van der Waals surface area contributed by atoms with Crippen LogP contribution in [-0.2, 0) is 33.4 Å². The zero-order chi connectivity index (χ0) is 26.2. The van der Waals surface area contributed by atoms with Crippen molar-refractivity contribution < 1.29 is 36.5 Å². The molecule has 0 heterocycles. The lowest BCUT2D eigenvalue weighted by molar-refractivity contribution is -0.149. The standard InChI is InChI=1S/C24H28N2O8S/c1-24(2,3)33-23(29)26-19-9-7-6-8-18(19)25-20(27)15-12-16-10-13-17(14-11-16)21(22(28)32-4)34-35(5,30)31/h6-15,21H,1-5H3,(H,25,27)(H,26,29). The number of anilines is 2. The number of carbonyl (C=O) groups excluding carboxylic acids is 3. The molecule has 10 nitrogen and oxygen atoms in total. The highest BCUT2D eigenvalue weighted by molar-refractivity contribution is 7.86. The van der Waals surface area contributed by atoms with E-state index in [4.69, 9.17) is 8.92 Å². The molecule has 188 valence electrons. The van der Waals surface area contributed by atoms with Gasteiger partial charge in [-0.2, -0.15) is 8.42 Å². The van der Waals surface area contributed by atoms with Gasteiger partial charge in [0.1, 0.15) is 5.60 Å². The lowest BCUT2D eigenvalue weighted by atomic mass is 10.1. The zero-order valence-corrected chi connectivity index (χ0v) is 20.8. The number of benzene rings is 2. The summed E-state index contributed by atoms with van der Waals surface area (Å²) in [4.78, 5) is 36.4. The predicted molar refractivity (Wildman–Crippen MR) is 131 cm³/mol. The number of nitrogens with one attached hydrogen (secondary N) is 2. The molecule has 0 aliphatic heterocycles. The number of carbonyl (C=O) groups is 3. The van der Waals surface area contributed by atoms with Crippen LogP contribution in [0.1, 0.15) is 38.0 Å². The van der Waals surface area contributed by atoms with E-state index in [0.717, 1.165) is 13.4 Å². The third-order valence-corrected chi connectivity index (χ3v) is 4.72. The van der Waals surface area contributed by atoms with Crippen molar-refractivity contribution in [2.24, 2.45) is 0 Å². The minimum Gasteiger partial charge on any atom is -0.467 e. The minimum absolute atomic E-state index is 0.269. The molecular weight excluding hydrogens is 476 g/mol. The van der Waals surface area contributed by atoms with Crippen LogP contribution in [0.2, 0.25) is 0 Å². The molecule has 0 bridgehead atoms. The van der Waals surface area contributed by atoms with Crippen molar-refractivity contribution in [3.8, 4) is 0 Å². The molecule has 35 heavy (non-hydrogen) atoms. The first-order valence-electron chi connectivity index (χ1n) is 10.4. The van der Waals surface area contributed by atoms with Gasteiger partial charge >= 0.3 is 12.1 Å². The molecule has 0 aliphatic rings. The number of hydrogen-bond acceptors (Lipinski definition) is 8. The highest BCUT2D eigenvalue weighted by Gasteiger charge is 2.26. The van der Waals surface area contributed by atoms with Crippen molar-refractivity contribution in [3.05, 3.63) is 65.7 Å². The van der Waals surface area contributed by atoms with Gasteiger partial charge in [0.25, 0.3) is 10.1 Å². The van der Waals surface area contributed by atoms with Crippen LogP contribution in [0.15, 0.2) is 54.6 Å². The quantitative estimate of drug-likeness (QED) is 0.314. The minimum atomic E-state index is -3.91. The molecule has 2 N–H and O–H groups in total. The van der Waals surface area contributed by atoms with Gasteiger partial charge < -0.3 is 14.8 Å². The summed E-state index contributed by atoms with van der Waals surface area (Å²) < 4.78 is 37.6. The Kier molecular flexibility index (Phi) is 9.15. The maximum atomic E-state index is 12.4. The van der Waals surface area contributed by atoms with Gasteiger partial charge in [0.2, 0.25) is 5.91 Å². The maximum absolute atomic E-state index is 12.4. The molecule has 0 radical (unpaired) electrons. The lowest BCUT2D eigenvalue weighted by Crippen LogP contribution is -2.27. The highest BCUT2D eigenvalue weighted by Crippen LogP contribution is 2.23. The smallest absolute Gasteiger partial charge is 0.412 e. The fraction of sp³-hybridized carbons (Fsp3) is 0.292. The van der Waals surface area contributed by atoms with E-state index in [0.29, 0.717) is 16.9 Å². The summed E-state index contributed by atoms with van der Waals surface area (Å²) in [5.41, 5.74) is 0.946. The number of para-hydroxylation sites is 2. The number of rotatable bonds is 8. The molecule has 0 saturated carbocycles.